The van der Waals surface area contributed by atoms with Crippen molar-refractivity contribution >= 4 is 5.97 Å². The van der Waals surface area contributed by atoms with Gasteiger partial charge >= 0.3 is 5.97 Å². The summed E-state index contributed by atoms with van der Waals surface area (Å²) < 4.78 is 0. The van der Waals surface area contributed by atoms with E-state index in [1.54, 1.807) is 6.08 Å². The van der Waals surface area contributed by atoms with Gasteiger partial charge in [0.15, 0.2) is 0 Å². The maximum Gasteiger partial charge on any atom is 0.303 e. The van der Waals surface area contributed by atoms with Crippen molar-refractivity contribution in [2.24, 2.45) is 11.8 Å². The molecule has 1 saturated carbocycles. The fraction of sp³-hybridized carbons (Fsp3) is 0.591. The zero-order valence-corrected chi connectivity index (χ0v) is 16.2. The zero-order chi connectivity index (χ0) is 20.1. The molecule has 0 aromatic heterocycles. The van der Waals surface area contributed by atoms with Crippen LogP contribution in [0.3, 0.4) is 0 Å². The lowest BCUT2D eigenvalue weighted by Crippen LogP contribution is -2.20. The number of hydrogen-bond donors (Lipinski definition) is 4. The smallest absolute Gasteiger partial charge is 0.303 e. The highest BCUT2D eigenvalue weighted by molar-refractivity contribution is 5.66. The van der Waals surface area contributed by atoms with Crippen LogP contribution in [0.2, 0.25) is 0 Å². The minimum absolute atomic E-state index is 0.101. The number of carboxylic acids is 1. The van der Waals surface area contributed by atoms with Crippen molar-refractivity contribution in [3.8, 4) is 0 Å². The van der Waals surface area contributed by atoms with E-state index in [0.717, 1.165) is 19.3 Å². The maximum absolute atomic E-state index is 10.5. The molecule has 5 heteroatoms. The Bertz CT molecular complexity index is 535. The Labute approximate surface area is 162 Å². The standard InChI is InChI=1S/C22H34O5/c1-2-3-4-5-6-7-8-9-10-11-18-19(21(25)16-20(18)24)14-12-17(23)13-15-22(26)27/h3-4,6-7,9-10,12,14,17-21,23-25H,2,5,8,11,13,15-16H2,1H3,(H,26,27)/b4-3-,7-6-,10-9-,14-12+/t17-,18-,19+,20+,21-/m0/s1. The van der Waals surface area contributed by atoms with Gasteiger partial charge < -0.3 is 20.4 Å². The largest absolute Gasteiger partial charge is 0.481 e. The van der Waals surface area contributed by atoms with Gasteiger partial charge in [-0.15, -0.1) is 0 Å². The lowest BCUT2D eigenvalue weighted by Gasteiger charge is -2.19. The number of aliphatic hydroxyl groups excluding tert-OH is 3. The summed E-state index contributed by atoms with van der Waals surface area (Å²) in [5.41, 5.74) is 0. The molecule has 0 aliphatic heterocycles. The highest BCUT2D eigenvalue weighted by atomic mass is 16.4. The van der Waals surface area contributed by atoms with E-state index in [-0.39, 0.29) is 24.7 Å². The molecule has 0 radical (unpaired) electrons. The first kappa shape index (κ1) is 23.3. The molecule has 1 aliphatic rings. The van der Waals surface area contributed by atoms with Gasteiger partial charge in [0.2, 0.25) is 0 Å². The number of allylic oxidation sites excluding steroid dienone is 6. The zero-order valence-electron chi connectivity index (χ0n) is 16.2. The van der Waals surface area contributed by atoms with E-state index in [1.807, 2.05) is 6.08 Å². The molecule has 1 aliphatic carbocycles. The number of aliphatic carboxylic acids is 1. The van der Waals surface area contributed by atoms with Crippen LogP contribution in [0.1, 0.15) is 51.9 Å². The molecule has 0 unspecified atom stereocenters. The normalized spacial score (nSPS) is 27.6. The minimum Gasteiger partial charge on any atom is -0.481 e. The van der Waals surface area contributed by atoms with E-state index in [2.05, 4.69) is 37.3 Å². The van der Waals surface area contributed by atoms with Gasteiger partial charge in [0, 0.05) is 18.8 Å². The van der Waals surface area contributed by atoms with Crippen LogP contribution in [-0.2, 0) is 4.79 Å². The summed E-state index contributed by atoms with van der Waals surface area (Å²) >= 11 is 0. The SMILES string of the molecule is CC/C=C\C/C=C\C/C=C\C[C@H]1[C@@H](/C=C/[C@H](O)CCC(=O)O)[C@@H](O)C[C@H]1O. The molecule has 152 valence electrons. The van der Waals surface area contributed by atoms with Gasteiger partial charge in [0.05, 0.1) is 18.3 Å². The van der Waals surface area contributed by atoms with Crippen LogP contribution in [0.15, 0.2) is 48.6 Å². The van der Waals surface area contributed by atoms with Crippen molar-refractivity contribution in [3.63, 3.8) is 0 Å². The van der Waals surface area contributed by atoms with Crippen molar-refractivity contribution in [2.75, 3.05) is 0 Å². The van der Waals surface area contributed by atoms with Crippen LogP contribution in [0.25, 0.3) is 0 Å². The fourth-order valence-electron chi connectivity index (χ4n) is 3.29. The van der Waals surface area contributed by atoms with Gasteiger partial charge in [-0.25, -0.2) is 0 Å². The Balaban J connectivity index is 2.47. The average Bonchev–Trinajstić information content (AvgIpc) is 2.89. The monoisotopic (exact) mass is 378 g/mol. The fourth-order valence-corrected chi connectivity index (χ4v) is 3.29. The third-order valence-corrected chi connectivity index (χ3v) is 4.81. The van der Waals surface area contributed by atoms with E-state index in [0.29, 0.717) is 12.8 Å². The molecule has 4 N–H and O–H groups in total. The highest BCUT2D eigenvalue weighted by Gasteiger charge is 2.39. The second-order valence-electron chi connectivity index (χ2n) is 7.03. The Morgan fingerprint density at radius 3 is 2.30 bits per heavy atom. The van der Waals surface area contributed by atoms with E-state index in [4.69, 9.17) is 5.11 Å². The summed E-state index contributed by atoms with van der Waals surface area (Å²) in [4.78, 5) is 10.5. The van der Waals surface area contributed by atoms with Crippen LogP contribution in [0.5, 0.6) is 0 Å². The molecule has 0 amide bonds. The van der Waals surface area contributed by atoms with Crippen molar-refractivity contribution in [1.29, 1.82) is 0 Å². The Morgan fingerprint density at radius 2 is 1.67 bits per heavy atom. The number of carbonyl (C=O) groups is 1. The Hall–Kier alpha value is -1.69. The van der Waals surface area contributed by atoms with Crippen molar-refractivity contribution < 1.29 is 25.2 Å². The number of rotatable bonds is 12. The average molecular weight is 379 g/mol. The van der Waals surface area contributed by atoms with Crippen LogP contribution < -0.4 is 0 Å². The first-order valence-electron chi connectivity index (χ1n) is 9.85. The molecular formula is C22H34O5. The quantitative estimate of drug-likeness (QED) is 0.390. The van der Waals surface area contributed by atoms with E-state index < -0.39 is 24.3 Å². The van der Waals surface area contributed by atoms with E-state index in [1.165, 1.54) is 6.08 Å². The molecule has 1 rings (SSSR count). The highest BCUT2D eigenvalue weighted by Crippen LogP contribution is 2.36. The van der Waals surface area contributed by atoms with Crippen molar-refractivity contribution in [1.82, 2.24) is 0 Å². The number of carboxylic acid groups (broad SMARTS) is 1. The summed E-state index contributed by atoms with van der Waals surface area (Å²) in [6.45, 7) is 2.11. The van der Waals surface area contributed by atoms with Crippen LogP contribution in [-0.4, -0.2) is 44.7 Å². The van der Waals surface area contributed by atoms with Crippen molar-refractivity contribution in [3.05, 3.63) is 48.6 Å². The molecule has 0 saturated heterocycles. The first-order chi connectivity index (χ1) is 13.0. The molecule has 0 aromatic rings. The van der Waals surface area contributed by atoms with Crippen LogP contribution >= 0.6 is 0 Å². The van der Waals surface area contributed by atoms with Gasteiger partial charge in [-0.05, 0) is 38.0 Å². The van der Waals surface area contributed by atoms with Crippen molar-refractivity contribution in [2.45, 2.75) is 70.2 Å². The Kier molecular flexibility index (Phi) is 11.7. The molecule has 27 heavy (non-hydrogen) atoms. The lowest BCUT2D eigenvalue weighted by atomic mass is 9.89. The number of hydrogen-bond acceptors (Lipinski definition) is 4. The second kappa shape index (κ2) is 13.5. The summed E-state index contributed by atoms with van der Waals surface area (Å²) in [5.74, 6) is -1.29. The van der Waals surface area contributed by atoms with E-state index >= 15 is 0 Å². The Morgan fingerprint density at radius 1 is 1.04 bits per heavy atom. The third-order valence-electron chi connectivity index (χ3n) is 4.81. The molecule has 0 bridgehead atoms. The van der Waals surface area contributed by atoms with Crippen LogP contribution in [0.4, 0.5) is 0 Å². The molecule has 0 aromatic carbocycles. The van der Waals surface area contributed by atoms with Gasteiger partial charge in [0.1, 0.15) is 0 Å². The molecule has 1 fully saturated rings. The maximum atomic E-state index is 10.5. The molecule has 0 spiro atoms. The van der Waals surface area contributed by atoms with Gasteiger partial charge in [-0.2, -0.15) is 0 Å². The van der Waals surface area contributed by atoms with Gasteiger partial charge in [0.25, 0.3) is 0 Å². The third kappa shape index (κ3) is 9.70. The molecule has 0 heterocycles. The predicted octanol–water partition coefficient (Wildman–Crippen LogP) is 3.38. The molecule has 5 atom stereocenters. The summed E-state index contributed by atoms with van der Waals surface area (Å²) in [6.07, 6.45) is 17.6. The summed E-state index contributed by atoms with van der Waals surface area (Å²) in [5, 5.41) is 38.9. The summed E-state index contributed by atoms with van der Waals surface area (Å²) in [6, 6.07) is 0. The van der Waals surface area contributed by atoms with Crippen LogP contribution in [0, 0.1) is 11.8 Å². The molecule has 5 nitrogen and oxygen atoms in total. The van der Waals surface area contributed by atoms with Gasteiger partial charge in [-0.1, -0.05) is 55.5 Å². The van der Waals surface area contributed by atoms with E-state index in [9.17, 15) is 20.1 Å². The first-order valence-corrected chi connectivity index (χ1v) is 9.85. The molecular weight excluding hydrogens is 344 g/mol. The second-order valence-corrected chi connectivity index (χ2v) is 7.03. The predicted molar refractivity (Wildman–Crippen MR) is 107 cm³/mol. The topological polar surface area (TPSA) is 98.0 Å². The van der Waals surface area contributed by atoms with Gasteiger partial charge in [-0.3, -0.25) is 4.79 Å². The lowest BCUT2D eigenvalue weighted by molar-refractivity contribution is -0.137. The summed E-state index contributed by atoms with van der Waals surface area (Å²) in [7, 11) is 0. The minimum atomic E-state index is -0.947. The number of aliphatic hydroxyl groups is 3.